The van der Waals surface area contributed by atoms with E-state index >= 15 is 0 Å². The summed E-state index contributed by atoms with van der Waals surface area (Å²) in [4.78, 5) is 43.8. The summed E-state index contributed by atoms with van der Waals surface area (Å²) in [6.45, 7) is 5.22. The molecule has 2 saturated heterocycles. The minimum absolute atomic E-state index is 0.104. The molecule has 3 amide bonds. The van der Waals surface area contributed by atoms with Crippen molar-refractivity contribution in [2.24, 2.45) is 0 Å². The van der Waals surface area contributed by atoms with Crippen LogP contribution in [0, 0.1) is 12.7 Å². The Balaban J connectivity index is 1.34. The second-order valence-electron chi connectivity index (χ2n) is 8.68. The number of piperazine rings is 2. The third-order valence-corrected chi connectivity index (χ3v) is 6.37. The highest BCUT2D eigenvalue weighted by Crippen LogP contribution is 2.21. The largest absolute Gasteiger partial charge is 0.367 e. The Labute approximate surface area is 198 Å². The number of benzene rings is 2. The standard InChI is InChI=1S/C25H30FN5O3/c1-18-6-2-4-8-20(18)28-23(32)16-22-25(34)27-10-11-31(22)24(33)17-29-12-14-30(15-13-29)21-9-5-3-7-19(21)26/h2-9,22H,10-17H2,1H3,(H,27,34)(H,28,32)/t22-/m0/s1. The Morgan fingerprint density at radius 1 is 1.03 bits per heavy atom. The first-order valence-electron chi connectivity index (χ1n) is 11.6. The SMILES string of the molecule is Cc1ccccc1NC(=O)C[C@H]1C(=O)NCCN1C(=O)CN1CCN(c2ccccc2F)CC1. The summed E-state index contributed by atoms with van der Waals surface area (Å²) in [6.07, 6.45) is -0.104. The maximum absolute atomic E-state index is 14.1. The molecule has 0 saturated carbocycles. The number of anilines is 2. The van der Waals surface area contributed by atoms with Gasteiger partial charge in [-0.2, -0.15) is 0 Å². The summed E-state index contributed by atoms with van der Waals surface area (Å²) >= 11 is 0. The highest BCUT2D eigenvalue weighted by atomic mass is 19.1. The van der Waals surface area contributed by atoms with Crippen molar-refractivity contribution in [1.82, 2.24) is 15.1 Å². The molecule has 2 aliphatic rings. The summed E-state index contributed by atoms with van der Waals surface area (Å²) in [5.41, 5.74) is 2.18. The summed E-state index contributed by atoms with van der Waals surface area (Å²) in [5.74, 6) is -1.06. The molecule has 2 aliphatic heterocycles. The van der Waals surface area contributed by atoms with Gasteiger partial charge in [-0.05, 0) is 30.7 Å². The van der Waals surface area contributed by atoms with Gasteiger partial charge in [-0.3, -0.25) is 19.3 Å². The lowest BCUT2D eigenvalue weighted by atomic mass is 10.1. The van der Waals surface area contributed by atoms with Crippen molar-refractivity contribution >= 4 is 29.1 Å². The van der Waals surface area contributed by atoms with Crippen molar-refractivity contribution in [2.75, 3.05) is 56.0 Å². The van der Waals surface area contributed by atoms with Gasteiger partial charge in [-0.1, -0.05) is 30.3 Å². The zero-order valence-corrected chi connectivity index (χ0v) is 19.3. The zero-order valence-electron chi connectivity index (χ0n) is 19.3. The highest BCUT2D eigenvalue weighted by Gasteiger charge is 2.35. The van der Waals surface area contributed by atoms with Gasteiger partial charge in [0.1, 0.15) is 11.9 Å². The minimum Gasteiger partial charge on any atom is -0.367 e. The van der Waals surface area contributed by atoms with Gasteiger partial charge in [0.25, 0.3) is 0 Å². The van der Waals surface area contributed by atoms with Crippen molar-refractivity contribution in [2.45, 2.75) is 19.4 Å². The average Bonchev–Trinajstić information content (AvgIpc) is 2.83. The van der Waals surface area contributed by atoms with Crippen molar-refractivity contribution in [3.05, 3.63) is 59.9 Å². The Kier molecular flexibility index (Phi) is 7.42. The van der Waals surface area contributed by atoms with Crippen LogP contribution in [0.2, 0.25) is 0 Å². The molecule has 0 aliphatic carbocycles. The van der Waals surface area contributed by atoms with Crippen LogP contribution >= 0.6 is 0 Å². The molecule has 34 heavy (non-hydrogen) atoms. The van der Waals surface area contributed by atoms with E-state index < -0.39 is 6.04 Å². The number of nitrogens with one attached hydrogen (secondary N) is 2. The fourth-order valence-electron chi connectivity index (χ4n) is 4.44. The van der Waals surface area contributed by atoms with Crippen LogP contribution in [0.15, 0.2) is 48.5 Å². The maximum Gasteiger partial charge on any atom is 0.243 e. The molecule has 180 valence electrons. The van der Waals surface area contributed by atoms with Gasteiger partial charge in [0.2, 0.25) is 17.7 Å². The highest BCUT2D eigenvalue weighted by molar-refractivity contribution is 5.98. The number of hydrogen-bond donors (Lipinski definition) is 2. The number of carbonyl (C=O) groups is 3. The van der Waals surface area contributed by atoms with Gasteiger partial charge in [-0.25, -0.2) is 4.39 Å². The molecule has 0 aromatic heterocycles. The maximum atomic E-state index is 14.1. The van der Waals surface area contributed by atoms with Crippen molar-refractivity contribution in [3.8, 4) is 0 Å². The number of amides is 3. The molecule has 0 unspecified atom stereocenters. The van der Waals surface area contributed by atoms with E-state index in [1.807, 2.05) is 41.0 Å². The van der Waals surface area contributed by atoms with Crippen LogP contribution in [0.4, 0.5) is 15.8 Å². The van der Waals surface area contributed by atoms with Crippen LogP contribution in [0.5, 0.6) is 0 Å². The lowest BCUT2D eigenvalue weighted by molar-refractivity contribution is -0.145. The van der Waals surface area contributed by atoms with Crippen LogP contribution in [-0.4, -0.2) is 79.4 Å². The lowest BCUT2D eigenvalue weighted by Crippen LogP contribution is -2.60. The third kappa shape index (κ3) is 5.53. The molecule has 2 heterocycles. The second-order valence-corrected chi connectivity index (χ2v) is 8.68. The molecule has 2 N–H and O–H groups in total. The first-order chi connectivity index (χ1) is 16.4. The van der Waals surface area contributed by atoms with Crippen molar-refractivity contribution < 1.29 is 18.8 Å². The van der Waals surface area contributed by atoms with Gasteiger partial charge in [0, 0.05) is 45.0 Å². The van der Waals surface area contributed by atoms with E-state index in [4.69, 9.17) is 0 Å². The normalized spacial score (nSPS) is 19.0. The van der Waals surface area contributed by atoms with E-state index in [1.54, 1.807) is 18.2 Å². The minimum atomic E-state index is -0.843. The van der Waals surface area contributed by atoms with Gasteiger partial charge >= 0.3 is 0 Å². The average molecular weight is 468 g/mol. The molecule has 9 heteroatoms. The third-order valence-electron chi connectivity index (χ3n) is 6.37. The van der Waals surface area contributed by atoms with Crippen LogP contribution in [-0.2, 0) is 14.4 Å². The molecule has 4 rings (SSSR count). The van der Waals surface area contributed by atoms with E-state index in [9.17, 15) is 18.8 Å². The van der Waals surface area contributed by atoms with Crippen LogP contribution in [0.3, 0.4) is 0 Å². The molecule has 0 spiro atoms. The number of para-hydroxylation sites is 2. The van der Waals surface area contributed by atoms with E-state index in [1.165, 1.54) is 11.0 Å². The topological polar surface area (TPSA) is 85.0 Å². The predicted molar refractivity (Wildman–Crippen MR) is 128 cm³/mol. The quantitative estimate of drug-likeness (QED) is 0.675. The lowest BCUT2D eigenvalue weighted by Gasteiger charge is -2.39. The monoisotopic (exact) mass is 467 g/mol. The fourth-order valence-corrected chi connectivity index (χ4v) is 4.44. The number of hydrogen-bond acceptors (Lipinski definition) is 5. The number of carbonyl (C=O) groups excluding carboxylic acids is 3. The summed E-state index contributed by atoms with van der Waals surface area (Å²) in [6, 6.07) is 13.3. The molecule has 2 fully saturated rings. The first-order valence-corrected chi connectivity index (χ1v) is 11.6. The van der Waals surface area contributed by atoms with Crippen LogP contribution in [0.1, 0.15) is 12.0 Å². The molecule has 2 aromatic rings. The Morgan fingerprint density at radius 2 is 1.74 bits per heavy atom. The molecular weight excluding hydrogens is 437 g/mol. The van der Waals surface area contributed by atoms with Crippen LogP contribution in [0.25, 0.3) is 0 Å². The van der Waals surface area contributed by atoms with Crippen molar-refractivity contribution in [3.63, 3.8) is 0 Å². The van der Waals surface area contributed by atoms with Gasteiger partial charge in [-0.15, -0.1) is 0 Å². The first kappa shape index (κ1) is 23.7. The van der Waals surface area contributed by atoms with Gasteiger partial charge in [0.05, 0.1) is 18.7 Å². The van der Waals surface area contributed by atoms with Gasteiger partial charge in [0.15, 0.2) is 0 Å². The molecule has 0 radical (unpaired) electrons. The zero-order chi connectivity index (χ0) is 24.1. The molecule has 8 nitrogen and oxygen atoms in total. The van der Waals surface area contributed by atoms with Crippen molar-refractivity contribution in [1.29, 1.82) is 0 Å². The number of halogens is 1. The summed E-state index contributed by atoms with van der Waals surface area (Å²) in [7, 11) is 0. The number of nitrogens with zero attached hydrogens (tertiary/aromatic N) is 3. The molecule has 2 aromatic carbocycles. The Hall–Kier alpha value is -3.46. The summed E-state index contributed by atoms with van der Waals surface area (Å²) in [5, 5.41) is 5.60. The van der Waals surface area contributed by atoms with Crippen LogP contribution < -0.4 is 15.5 Å². The molecular formula is C25H30FN5O3. The Morgan fingerprint density at radius 3 is 2.47 bits per heavy atom. The second kappa shape index (κ2) is 10.6. The van der Waals surface area contributed by atoms with E-state index in [0.29, 0.717) is 50.6 Å². The summed E-state index contributed by atoms with van der Waals surface area (Å²) < 4.78 is 14.1. The van der Waals surface area contributed by atoms with E-state index in [-0.39, 0.29) is 36.5 Å². The fraction of sp³-hybridized carbons (Fsp3) is 0.400. The molecule has 0 bridgehead atoms. The van der Waals surface area contributed by atoms with E-state index in [0.717, 1.165) is 5.56 Å². The Bertz CT molecular complexity index is 1050. The number of aryl methyl sites for hydroxylation is 1. The molecule has 1 atom stereocenters. The predicted octanol–water partition coefficient (Wildman–Crippen LogP) is 1.61. The smallest absolute Gasteiger partial charge is 0.243 e. The number of rotatable bonds is 6. The van der Waals surface area contributed by atoms with E-state index in [2.05, 4.69) is 10.6 Å². The van der Waals surface area contributed by atoms with Gasteiger partial charge < -0.3 is 20.4 Å².